The summed E-state index contributed by atoms with van der Waals surface area (Å²) in [7, 11) is 0. The number of carbonyl (C=O) groups excluding carboxylic acids is 2. The monoisotopic (exact) mass is 434 g/mol. The van der Waals surface area contributed by atoms with Crippen LogP contribution in [0.4, 0.5) is 10.1 Å². The van der Waals surface area contributed by atoms with Gasteiger partial charge in [-0.25, -0.2) is 4.39 Å². The molecule has 1 aliphatic carbocycles. The van der Waals surface area contributed by atoms with Crippen molar-refractivity contribution < 1.29 is 18.4 Å². The van der Waals surface area contributed by atoms with Crippen LogP contribution in [0.25, 0.3) is 11.3 Å². The summed E-state index contributed by atoms with van der Waals surface area (Å²) in [4.78, 5) is 24.6. The fourth-order valence-electron chi connectivity index (χ4n) is 4.04. The summed E-state index contributed by atoms with van der Waals surface area (Å²) in [6, 6.07) is 17.5. The van der Waals surface area contributed by atoms with Crippen molar-refractivity contribution in [3.63, 3.8) is 0 Å². The molecule has 3 aromatic rings. The lowest BCUT2D eigenvalue weighted by atomic mass is 10.1. The van der Waals surface area contributed by atoms with Crippen molar-refractivity contribution in [2.45, 2.75) is 45.1 Å². The number of amides is 2. The van der Waals surface area contributed by atoms with Crippen molar-refractivity contribution in [2.24, 2.45) is 5.92 Å². The lowest BCUT2D eigenvalue weighted by Crippen LogP contribution is -2.23. The van der Waals surface area contributed by atoms with Crippen LogP contribution in [-0.4, -0.2) is 11.8 Å². The van der Waals surface area contributed by atoms with Gasteiger partial charge in [0.15, 0.2) is 0 Å². The Morgan fingerprint density at radius 1 is 1.00 bits per heavy atom. The van der Waals surface area contributed by atoms with Crippen LogP contribution >= 0.6 is 0 Å². The molecule has 1 saturated carbocycles. The van der Waals surface area contributed by atoms with E-state index in [9.17, 15) is 14.0 Å². The van der Waals surface area contributed by atoms with E-state index in [0.717, 1.165) is 36.9 Å². The molecule has 0 saturated heterocycles. The fraction of sp³-hybridized carbons (Fsp3) is 0.308. The van der Waals surface area contributed by atoms with Crippen LogP contribution in [0.5, 0.6) is 0 Å². The van der Waals surface area contributed by atoms with Gasteiger partial charge in [-0.05, 0) is 54.8 Å². The third-order valence-electron chi connectivity index (χ3n) is 5.81. The Morgan fingerprint density at radius 2 is 1.81 bits per heavy atom. The van der Waals surface area contributed by atoms with Crippen LogP contribution in [0, 0.1) is 11.7 Å². The Bertz CT molecular complexity index is 1090. The predicted molar refractivity (Wildman–Crippen MR) is 121 cm³/mol. The maximum Gasteiger partial charge on any atom is 0.227 e. The van der Waals surface area contributed by atoms with Crippen molar-refractivity contribution in [3.8, 4) is 11.3 Å². The minimum absolute atomic E-state index is 0.0805. The molecule has 0 aliphatic heterocycles. The number of nitrogens with one attached hydrogen (secondary N) is 2. The first-order chi connectivity index (χ1) is 15.6. The van der Waals surface area contributed by atoms with Crippen LogP contribution in [0.15, 0.2) is 65.1 Å². The normalized spacial score (nSPS) is 13.8. The quantitative estimate of drug-likeness (QED) is 0.494. The summed E-state index contributed by atoms with van der Waals surface area (Å²) in [6.07, 6.45) is 4.84. The standard InChI is InChI=1S/C26H27FN2O3/c27-23-11-4-3-10-22(23)24-14-12-21(32-24)13-15-25(30)28-17-18-6-5-9-20(16-18)29-26(31)19-7-1-2-8-19/h3-6,9-12,14,16,19H,1-2,7-8,13,15,17H2,(H,28,30)(H,29,31). The first kappa shape index (κ1) is 21.8. The Labute approximate surface area is 187 Å². The average molecular weight is 435 g/mol. The summed E-state index contributed by atoms with van der Waals surface area (Å²) in [5.74, 6) is 0.836. The number of hydrogen-bond donors (Lipinski definition) is 2. The molecule has 1 heterocycles. The highest BCUT2D eigenvalue weighted by Gasteiger charge is 2.22. The van der Waals surface area contributed by atoms with Gasteiger partial charge in [-0.3, -0.25) is 9.59 Å². The Kier molecular flexibility index (Phi) is 7.00. The van der Waals surface area contributed by atoms with E-state index in [1.54, 1.807) is 30.3 Å². The van der Waals surface area contributed by atoms with E-state index >= 15 is 0 Å². The molecule has 0 unspecified atom stereocenters. The number of aryl methyl sites for hydroxylation is 1. The second kappa shape index (κ2) is 10.3. The van der Waals surface area contributed by atoms with Gasteiger partial charge in [-0.1, -0.05) is 37.1 Å². The van der Waals surface area contributed by atoms with Crippen molar-refractivity contribution in [1.82, 2.24) is 5.32 Å². The maximum atomic E-state index is 13.9. The number of hydrogen-bond acceptors (Lipinski definition) is 3. The molecule has 166 valence electrons. The van der Waals surface area contributed by atoms with Gasteiger partial charge in [-0.2, -0.15) is 0 Å². The van der Waals surface area contributed by atoms with E-state index in [0.29, 0.717) is 30.0 Å². The third kappa shape index (κ3) is 5.63. The molecule has 0 bridgehead atoms. The Hall–Kier alpha value is -3.41. The summed E-state index contributed by atoms with van der Waals surface area (Å²) >= 11 is 0. The molecule has 0 radical (unpaired) electrons. The highest BCUT2D eigenvalue weighted by molar-refractivity contribution is 5.92. The van der Waals surface area contributed by atoms with Crippen LogP contribution in [0.3, 0.4) is 0 Å². The molecule has 1 fully saturated rings. The van der Waals surface area contributed by atoms with E-state index < -0.39 is 0 Å². The van der Waals surface area contributed by atoms with Crippen molar-refractivity contribution in [2.75, 3.05) is 5.32 Å². The second-order valence-electron chi connectivity index (χ2n) is 8.19. The van der Waals surface area contributed by atoms with Gasteiger partial charge >= 0.3 is 0 Å². The van der Waals surface area contributed by atoms with E-state index in [1.807, 2.05) is 24.3 Å². The number of rotatable bonds is 8. The Morgan fingerprint density at radius 3 is 2.62 bits per heavy atom. The fourth-order valence-corrected chi connectivity index (χ4v) is 4.04. The molecular weight excluding hydrogens is 407 g/mol. The van der Waals surface area contributed by atoms with Gasteiger partial charge in [0.05, 0.1) is 5.56 Å². The van der Waals surface area contributed by atoms with Crippen molar-refractivity contribution in [1.29, 1.82) is 0 Å². The maximum absolute atomic E-state index is 13.9. The molecule has 6 heteroatoms. The van der Waals surface area contributed by atoms with Crippen LogP contribution in [-0.2, 0) is 22.6 Å². The largest absolute Gasteiger partial charge is 0.461 e. The van der Waals surface area contributed by atoms with Gasteiger partial charge in [0.2, 0.25) is 11.8 Å². The number of carbonyl (C=O) groups is 2. The van der Waals surface area contributed by atoms with Crippen LogP contribution in [0.1, 0.15) is 43.4 Å². The first-order valence-electron chi connectivity index (χ1n) is 11.1. The van der Waals surface area contributed by atoms with E-state index in [4.69, 9.17) is 4.42 Å². The molecule has 1 aromatic heterocycles. The lowest BCUT2D eigenvalue weighted by molar-refractivity contribution is -0.121. The molecule has 5 nitrogen and oxygen atoms in total. The van der Waals surface area contributed by atoms with Gasteiger partial charge in [0.25, 0.3) is 0 Å². The zero-order valence-corrected chi connectivity index (χ0v) is 17.9. The highest BCUT2D eigenvalue weighted by atomic mass is 19.1. The summed E-state index contributed by atoms with van der Waals surface area (Å²) in [5.41, 5.74) is 2.08. The molecule has 4 rings (SSSR count). The molecule has 1 aliphatic rings. The van der Waals surface area contributed by atoms with Gasteiger partial charge in [0.1, 0.15) is 17.3 Å². The molecule has 0 spiro atoms. The highest BCUT2D eigenvalue weighted by Crippen LogP contribution is 2.26. The molecular formula is C26H27FN2O3. The van der Waals surface area contributed by atoms with Crippen LogP contribution < -0.4 is 10.6 Å². The molecule has 32 heavy (non-hydrogen) atoms. The number of halogens is 1. The summed E-state index contributed by atoms with van der Waals surface area (Å²) in [5, 5.41) is 5.89. The zero-order valence-electron chi connectivity index (χ0n) is 17.9. The number of furan rings is 1. The summed E-state index contributed by atoms with van der Waals surface area (Å²) in [6.45, 7) is 0.380. The lowest BCUT2D eigenvalue weighted by Gasteiger charge is -2.12. The average Bonchev–Trinajstić information content (AvgIpc) is 3.49. The van der Waals surface area contributed by atoms with Gasteiger partial charge in [0, 0.05) is 31.0 Å². The number of benzene rings is 2. The smallest absolute Gasteiger partial charge is 0.227 e. The SMILES string of the molecule is O=C(CCc1ccc(-c2ccccc2F)o1)NCc1cccc(NC(=O)C2CCCC2)c1. The van der Waals surface area contributed by atoms with E-state index in [1.165, 1.54) is 6.07 Å². The first-order valence-corrected chi connectivity index (χ1v) is 11.1. The molecule has 2 aromatic carbocycles. The number of anilines is 1. The zero-order chi connectivity index (χ0) is 22.3. The van der Waals surface area contributed by atoms with Gasteiger partial charge < -0.3 is 15.1 Å². The minimum atomic E-state index is -0.340. The van der Waals surface area contributed by atoms with E-state index in [2.05, 4.69) is 10.6 Å². The molecule has 2 N–H and O–H groups in total. The second-order valence-corrected chi connectivity index (χ2v) is 8.19. The topological polar surface area (TPSA) is 71.3 Å². The molecule has 2 amide bonds. The predicted octanol–water partition coefficient (Wildman–Crippen LogP) is 5.46. The van der Waals surface area contributed by atoms with E-state index in [-0.39, 0.29) is 30.0 Å². The van der Waals surface area contributed by atoms with Crippen molar-refractivity contribution in [3.05, 3.63) is 77.8 Å². The third-order valence-corrected chi connectivity index (χ3v) is 5.81. The molecule has 0 atom stereocenters. The Balaban J connectivity index is 1.25. The summed E-state index contributed by atoms with van der Waals surface area (Å²) < 4.78 is 19.6. The van der Waals surface area contributed by atoms with Crippen molar-refractivity contribution >= 4 is 17.5 Å². The van der Waals surface area contributed by atoms with Crippen LogP contribution in [0.2, 0.25) is 0 Å². The minimum Gasteiger partial charge on any atom is -0.461 e. The van der Waals surface area contributed by atoms with Gasteiger partial charge in [-0.15, -0.1) is 0 Å².